The highest BCUT2D eigenvalue weighted by molar-refractivity contribution is 6.31. The van der Waals surface area contributed by atoms with E-state index in [0.717, 1.165) is 19.6 Å². The first-order valence-electron chi connectivity index (χ1n) is 6.14. The van der Waals surface area contributed by atoms with Crippen LogP contribution in [0.5, 0.6) is 0 Å². The van der Waals surface area contributed by atoms with E-state index in [-0.39, 0.29) is 5.91 Å². The number of hydrogen-bond acceptors (Lipinski definition) is 3. The number of nitrogens with two attached hydrogens (primary N) is 1. The number of likely N-dealkylation sites (N-methyl/N-ethyl adjacent to an activating group) is 1. The molecule has 0 saturated carbocycles. The molecule has 5 heteroatoms. The molecule has 0 atom stereocenters. The average molecular weight is 270 g/mol. The minimum Gasteiger partial charge on any atom is -0.398 e. The average Bonchev–Trinajstić information content (AvgIpc) is 2.37. The summed E-state index contributed by atoms with van der Waals surface area (Å²) in [5, 5.41) is 3.36. The summed E-state index contributed by atoms with van der Waals surface area (Å²) in [5.74, 6) is -0.179. The van der Waals surface area contributed by atoms with Crippen molar-refractivity contribution in [2.45, 2.75) is 13.8 Å². The molecule has 1 aromatic carbocycles. The Morgan fingerprint density at radius 1 is 1.39 bits per heavy atom. The van der Waals surface area contributed by atoms with Crippen LogP contribution in [0.4, 0.5) is 5.69 Å². The molecule has 0 unspecified atom stereocenters. The lowest BCUT2D eigenvalue weighted by Gasteiger charge is -2.18. The van der Waals surface area contributed by atoms with Crippen molar-refractivity contribution >= 4 is 23.2 Å². The molecule has 1 amide bonds. The van der Waals surface area contributed by atoms with Gasteiger partial charge in [0, 0.05) is 23.8 Å². The van der Waals surface area contributed by atoms with Gasteiger partial charge in [-0.3, -0.25) is 4.79 Å². The monoisotopic (exact) mass is 269 g/mol. The van der Waals surface area contributed by atoms with Gasteiger partial charge in [0.1, 0.15) is 0 Å². The molecular weight excluding hydrogens is 250 g/mol. The number of hydrogen-bond donors (Lipinski definition) is 2. The van der Waals surface area contributed by atoms with Crippen molar-refractivity contribution < 1.29 is 4.79 Å². The number of amides is 1. The van der Waals surface area contributed by atoms with E-state index in [0.29, 0.717) is 22.8 Å². The maximum Gasteiger partial charge on any atom is 0.253 e. The molecule has 1 aromatic rings. The third-order valence-corrected chi connectivity index (χ3v) is 3.10. The summed E-state index contributed by atoms with van der Waals surface area (Å²) in [7, 11) is 0. The second-order valence-corrected chi connectivity index (χ2v) is 4.45. The predicted octanol–water partition coefficient (Wildman–Crippen LogP) is 1.99. The zero-order chi connectivity index (χ0) is 13.5. The van der Waals surface area contributed by atoms with Gasteiger partial charge in [0.25, 0.3) is 5.91 Å². The number of carbonyl (C=O) groups excluding carboxylic acids is 1. The van der Waals surface area contributed by atoms with Gasteiger partial charge < -0.3 is 16.0 Å². The molecule has 0 aliphatic heterocycles. The van der Waals surface area contributed by atoms with Crippen LogP contribution in [-0.2, 0) is 0 Å². The summed E-state index contributed by atoms with van der Waals surface area (Å²) >= 11 is 5.85. The fourth-order valence-corrected chi connectivity index (χ4v) is 1.86. The molecule has 0 aromatic heterocycles. The molecule has 0 fully saturated rings. The molecule has 1 rings (SSSR count). The van der Waals surface area contributed by atoms with E-state index in [4.69, 9.17) is 17.3 Å². The fraction of sp³-hybridized carbons (Fsp3) is 0.462. The van der Waals surface area contributed by atoms with E-state index in [2.05, 4.69) is 24.1 Å². The topological polar surface area (TPSA) is 58.4 Å². The quantitative estimate of drug-likeness (QED) is 0.777. The minimum atomic E-state index is -0.179. The largest absolute Gasteiger partial charge is 0.398 e. The third kappa shape index (κ3) is 4.20. The maximum atomic E-state index is 11.9. The number of nitrogens with zero attached hydrogens (tertiary/aromatic N) is 1. The normalized spacial score (nSPS) is 10.7. The SMILES string of the molecule is CCN(CC)CCNC(=O)c1cc(Cl)ccc1N. The standard InChI is InChI=1S/C13H20ClN3O/c1-3-17(4-2)8-7-16-13(18)11-9-10(14)5-6-12(11)15/h5-6,9H,3-4,7-8,15H2,1-2H3,(H,16,18). The highest BCUT2D eigenvalue weighted by Crippen LogP contribution is 2.17. The number of nitrogen functional groups attached to an aromatic ring is 1. The Kier molecular flexibility index (Phi) is 5.95. The van der Waals surface area contributed by atoms with Crippen LogP contribution in [0.1, 0.15) is 24.2 Å². The molecule has 0 saturated heterocycles. The summed E-state index contributed by atoms with van der Waals surface area (Å²) in [5.41, 5.74) is 6.62. The van der Waals surface area contributed by atoms with Crippen molar-refractivity contribution in [2.75, 3.05) is 31.9 Å². The number of benzene rings is 1. The van der Waals surface area contributed by atoms with Crippen LogP contribution in [0.2, 0.25) is 5.02 Å². The van der Waals surface area contributed by atoms with Crippen molar-refractivity contribution in [3.63, 3.8) is 0 Å². The van der Waals surface area contributed by atoms with Crippen LogP contribution in [0, 0.1) is 0 Å². The maximum absolute atomic E-state index is 11.9. The van der Waals surface area contributed by atoms with Gasteiger partial charge in [0.2, 0.25) is 0 Å². The molecule has 4 nitrogen and oxygen atoms in total. The Hall–Kier alpha value is -1.26. The lowest BCUT2D eigenvalue weighted by atomic mass is 10.1. The van der Waals surface area contributed by atoms with Crippen LogP contribution >= 0.6 is 11.6 Å². The summed E-state index contributed by atoms with van der Waals surface area (Å²) in [6, 6.07) is 4.90. The molecule has 100 valence electrons. The summed E-state index contributed by atoms with van der Waals surface area (Å²) < 4.78 is 0. The Bertz CT molecular complexity index is 405. The smallest absolute Gasteiger partial charge is 0.253 e. The van der Waals surface area contributed by atoms with Crippen LogP contribution in [-0.4, -0.2) is 37.0 Å². The van der Waals surface area contributed by atoms with Crippen molar-refractivity contribution in [2.24, 2.45) is 0 Å². The van der Waals surface area contributed by atoms with Gasteiger partial charge in [-0.25, -0.2) is 0 Å². The van der Waals surface area contributed by atoms with Gasteiger partial charge in [-0.1, -0.05) is 25.4 Å². The zero-order valence-electron chi connectivity index (χ0n) is 10.9. The van der Waals surface area contributed by atoms with Gasteiger partial charge in [-0.05, 0) is 31.3 Å². The Morgan fingerprint density at radius 3 is 2.67 bits per heavy atom. The Morgan fingerprint density at radius 2 is 2.06 bits per heavy atom. The second-order valence-electron chi connectivity index (χ2n) is 4.01. The lowest BCUT2D eigenvalue weighted by Crippen LogP contribution is -2.35. The van der Waals surface area contributed by atoms with Gasteiger partial charge in [0.05, 0.1) is 5.56 Å². The van der Waals surface area contributed by atoms with E-state index >= 15 is 0 Å². The molecule has 0 bridgehead atoms. The lowest BCUT2D eigenvalue weighted by molar-refractivity contribution is 0.0950. The van der Waals surface area contributed by atoms with Crippen molar-refractivity contribution in [1.29, 1.82) is 0 Å². The van der Waals surface area contributed by atoms with Crippen LogP contribution in [0.15, 0.2) is 18.2 Å². The number of anilines is 1. The number of nitrogens with one attached hydrogen (secondary N) is 1. The van der Waals surface area contributed by atoms with Crippen molar-refractivity contribution in [3.05, 3.63) is 28.8 Å². The van der Waals surface area contributed by atoms with Crippen molar-refractivity contribution in [1.82, 2.24) is 10.2 Å². The molecule has 18 heavy (non-hydrogen) atoms. The van der Waals surface area contributed by atoms with Gasteiger partial charge in [-0.15, -0.1) is 0 Å². The molecule has 0 heterocycles. The molecular formula is C13H20ClN3O. The Labute approximate surface area is 113 Å². The van der Waals surface area contributed by atoms with Crippen LogP contribution in [0.25, 0.3) is 0 Å². The number of halogens is 1. The molecule has 3 N–H and O–H groups in total. The first-order chi connectivity index (χ1) is 8.58. The molecule has 0 spiro atoms. The van der Waals surface area contributed by atoms with Gasteiger partial charge in [0.15, 0.2) is 0 Å². The number of carbonyl (C=O) groups is 1. The van der Waals surface area contributed by atoms with E-state index in [1.54, 1.807) is 18.2 Å². The fourth-order valence-electron chi connectivity index (χ4n) is 1.69. The molecule has 0 aliphatic rings. The van der Waals surface area contributed by atoms with Gasteiger partial charge in [-0.2, -0.15) is 0 Å². The van der Waals surface area contributed by atoms with Crippen LogP contribution in [0.3, 0.4) is 0 Å². The summed E-state index contributed by atoms with van der Waals surface area (Å²) in [6.45, 7) is 7.59. The second kappa shape index (κ2) is 7.24. The number of rotatable bonds is 6. The van der Waals surface area contributed by atoms with E-state index in [1.807, 2.05) is 0 Å². The van der Waals surface area contributed by atoms with E-state index in [1.165, 1.54) is 0 Å². The van der Waals surface area contributed by atoms with E-state index in [9.17, 15) is 4.79 Å². The first-order valence-corrected chi connectivity index (χ1v) is 6.51. The summed E-state index contributed by atoms with van der Waals surface area (Å²) in [4.78, 5) is 14.1. The predicted molar refractivity (Wildman–Crippen MR) is 76.0 cm³/mol. The highest BCUT2D eigenvalue weighted by Gasteiger charge is 2.10. The third-order valence-electron chi connectivity index (χ3n) is 2.87. The van der Waals surface area contributed by atoms with Crippen LogP contribution < -0.4 is 11.1 Å². The molecule has 0 aliphatic carbocycles. The Balaban J connectivity index is 2.53. The first kappa shape index (κ1) is 14.8. The van der Waals surface area contributed by atoms with Gasteiger partial charge >= 0.3 is 0 Å². The zero-order valence-corrected chi connectivity index (χ0v) is 11.6. The molecule has 0 radical (unpaired) electrons. The van der Waals surface area contributed by atoms with E-state index < -0.39 is 0 Å². The van der Waals surface area contributed by atoms with Crippen molar-refractivity contribution in [3.8, 4) is 0 Å². The highest BCUT2D eigenvalue weighted by atomic mass is 35.5. The summed E-state index contributed by atoms with van der Waals surface area (Å²) in [6.07, 6.45) is 0. The minimum absolute atomic E-state index is 0.179.